The maximum Gasteiger partial charge on any atom is 0.433 e. The van der Waals surface area contributed by atoms with Crippen molar-refractivity contribution in [3.05, 3.63) is 47.4 Å². The average molecular weight is 339 g/mol. The molecule has 2 aromatic rings. The second-order valence-corrected chi connectivity index (χ2v) is 5.04. The first kappa shape index (κ1) is 17.7. The molecule has 2 aromatic heterocycles. The zero-order valence-electron chi connectivity index (χ0n) is 13.1. The Bertz CT molecular complexity index is 733. The number of alkyl halides is 3. The summed E-state index contributed by atoms with van der Waals surface area (Å²) in [5.41, 5.74) is 0.181. The van der Waals surface area contributed by atoms with Gasteiger partial charge >= 0.3 is 6.18 Å². The average Bonchev–Trinajstić information content (AvgIpc) is 2.49. The molecule has 0 aliphatic rings. The molecule has 0 atom stereocenters. The number of aromatic nitrogens is 2. The van der Waals surface area contributed by atoms with E-state index in [-0.39, 0.29) is 18.0 Å². The fourth-order valence-corrected chi connectivity index (χ4v) is 1.99. The van der Waals surface area contributed by atoms with Crippen LogP contribution in [0.4, 0.5) is 18.9 Å². The van der Waals surface area contributed by atoms with E-state index in [4.69, 9.17) is 4.74 Å². The molecule has 0 unspecified atom stereocenters. The lowest BCUT2D eigenvalue weighted by Gasteiger charge is -2.11. The number of amides is 1. The van der Waals surface area contributed by atoms with Crippen molar-refractivity contribution in [3.8, 4) is 5.88 Å². The van der Waals surface area contributed by atoms with Gasteiger partial charge in [-0.3, -0.25) is 4.79 Å². The van der Waals surface area contributed by atoms with Crippen molar-refractivity contribution < 1.29 is 22.7 Å². The molecule has 0 radical (unpaired) electrons. The van der Waals surface area contributed by atoms with Crippen molar-refractivity contribution in [1.82, 2.24) is 9.97 Å². The van der Waals surface area contributed by atoms with Gasteiger partial charge in [0, 0.05) is 6.20 Å². The second-order valence-electron chi connectivity index (χ2n) is 5.04. The molecule has 0 aromatic carbocycles. The number of aryl methyl sites for hydroxylation is 1. The first-order valence-electron chi connectivity index (χ1n) is 7.22. The van der Waals surface area contributed by atoms with Gasteiger partial charge < -0.3 is 10.1 Å². The summed E-state index contributed by atoms with van der Waals surface area (Å²) in [5.74, 6) is -0.247. The minimum absolute atomic E-state index is 0.0286. The Kier molecular flexibility index (Phi) is 5.38. The zero-order chi connectivity index (χ0) is 17.7. The summed E-state index contributed by atoms with van der Waals surface area (Å²) in [4.78, 5) is 19.6. The summed E-state index contributed by atoms with van der Waals surface area (Å²) in [6.07, 6.45) is -3.24. The quantitative estimate of drug-likeness (QED) is 0.907. The SMILES string of the molecule is CCOc1ncc(C)cc1NC(=O)Cc1cccc(C(F)(F)F)n1. The lowest BCUT2D eigenvalue weighted by atomic mass is 10.2. The van der Waals surface area contributed by atoms with Gasteiger partial charge in [0.05, 0.1) is 18.7 Å². The Morgan fingerprint density at radius 3 is 2.75 bits per heavy atom. The van der Waals surface area contributed by atoms with Gasteiger partial charge in [-0.2, -0.15) is 13.2 Å². The van der Waals surface area contributed by atoms with Crippen LogP contribution in [0.2, 0.25) is 0 Å². The van der Waals surface area contributed by atoms with Gasteiger partial charge in [0.2, 0.25) is 11.8 Å². The molecule has 0 fully saturated rings. The normalized spacial score (nSPS) is 11.2. The second kappa shape index (κ2) is 7.29. The summed E-state index contributed by atoms with van der Waals surface area (Å²) in [7, 11) is 0. The van der Waals surface area contributed by atoms with E-state index in [1.807, 2.05) is 0 Å². The van der Waals surface area contributed by atoms with Crippen LogP contribution in [0.3, 0.4) is 0 Å². The molecule has 5 nitrogen and oxygen atoms in total. The third-order valence-electron chi connectivity index (χ3n) is 2.98. The van der Waals surface area contributed by atoms with Crippen LogP contribution in [0.1, 0.15) is 23.9 Å². The number of pyridine rings is 2. The highest BCUT2D eigenvalue weighted by Crippen LogP contribution is 2.27. The number of ether oxygens (including phenoxy) is 1. The molecule has 0 saturated carbocycles. The topological polar surface area (TPSA) is 64.1 Å². The van der Waals surface area contributed by atoms with E-state index in [1.54, 1.807) is 26.1 Å². The standard InChI is InChI=1S/C16H16F3N3O2/c1-3-24-15-12(7-10(2)9-20-15)22-14(23)8-11-5-4-6-13(21-11)16(17,18)19/h4-7,9H,3,8H2,1-2H3,(H,22,23). The van der Waals surface area contributed by atoms with Crippen molar-refractivity contribution in [1.29, 1.82) is 0 Å². The van der Waals surface area contributed by atoms with Crippen LogP contribution in [0, 0.1) is 6.92 Å². The van der Waals surface area contributed by atoms with Crippen LogP contribution < -0.4 is 10.1 Å². The fraction of sp³-hybridized carbons (Fsp3) is 0.312. The monoisotopic (exact) mass is 339 g/mol. The number of carbonyl (C=O) groups excluding carboxylic acids is 1. The minimum atomic E-state index is -4.55. The Balaban J connectivity index is 2.13. The number of carbonyl (C=O) groups is 1. The number of nitrogens with one attached hydrogen (secondary N) is 1. The van der Waals surface area contributed by atoms with E-state index in [9.17, 15) is 18.0 Å². The number of halogens is 3. The molecule has 128 valence electrons. The largest absolute Gasteiger partial charge is 0.476 e. The highest BCUT2D eigenvalue weighted by atomic mass is 19.4. The van der Waals surface area contributed by atoms with Gasteiger partial charge in [0.15, 0.2) is 0 Å². The van der Waals surface area contributed by atoms with Gasteiger partial charge in [0.25, 0.3) is 0 Å². The molecular weight excluding hydrogens is 323 g/mol. The molecule has 1 amide bonds. The highest BCUT2D eigenvalue weighted by molar-refractivity contribution is 5.93. The van der Waals surface area contributed by atoms with Gasteiger partial charge in [0.1, 0.15) is 11.4 Å². The third kappa shape index (κ3) is 4.68. The Morgan fingerprint density at radius 2 is 2.08 bits per heavy atom. The molecule has 0 aliphatic heterocycles. The third-order valence-corrected chi connectivity index (χ3v) is 2.98. The molecule has 2 rings (SSSR count). The predicted octanol–water partition coefficient (Wildman–Crippen LogP) is 3.38. The van der Waals surface area contributed by atoms with E-state index < -0.39 is 17.8 Å². The van der Waals surface area contributed by atoms with Crippen LogP contribution in [-0.4, -0.2) is 22.5 Å². The van der Waals surface area contributed by atoms with Gasteiger partial charge in [-0.25, -0.2) is 9.97 Å². The molecule has 0 bridgehead atoms. The van der Waals surface area contributed by atoms with Crippen molar-refractivity contribution in [2.75, 3.05) is 11.9 Å². The predicted molar refractivity (Wildman–Crippen MR) is 81.7 cm³/mol. The number of hydrogen-bond donors (Lipinski definition) is 1. The van der Waals surface area contributed by atoms with Crippen LogP contribution in [0.5, 0.6) is 5.88 Å². The van der Waals surface area contributed by atoms with Crippen LogP contribution in [0.25, 0.3) is 0 Å². The summed E-state index contributed by atoms with van der Waals surface area (Å²) in [6.45, 7) is 3.94. The van der Waals surface area contributed by atoms with Crippen LogP contribution >= 0.6 is 0 Å². The van der Waals surface area contributed by atoms with Crippen molar-refractivity contribution >= 4 is 11.6 Å². The van der Waals surface area contributed by atoms with Crippen LogP contribution in [0.15, 0.2) is 30.5 Å². The maximum absolute atomic E-state index is 12.6. The summed E-state index contributed by atoms with van der Waals surface area (Å²) in [6, 6.07) is 5.12. The number of hydrogen-bond acceptors (Lipinski definition) is 4. The van der Waals surface area contributed by atoms with Crippen molar-refractivity contribution in [2.24, 2.45) is 0 Å². The molecule has 0 spiro atoms. The Labute approximate surface area is 136 Å². The zero-order valence-corrected chi connectivity index (χ0v) is 13.1. The molecule has 1 N–H and O–H groups in total. The first-order chi connectivity index (χ1) is 11.3. The number of anilines is 1. The van der Waals surface area contributed by atoms with Gasteiger partial charge in [-0.15, -0.1) is 0 Å². The Hall–Kier alpha value is -2.64. The summed E-state index contributed by atoms with van der Waals surface area (Å²) >= 11 is 0. The van der Waals surface area contributed by atoms with E-state index in [1.165, 1.54) is 12.1 Å². The molecule has 0 aliphatic carbocycles. The molecule has 8 heteroatoms. The molecule has 2 heterocycles. The fourth-order valence-electron chi connectivity index (χ4n) is 1.99. The summed E-state index contributed by atoms with van der Waals surface area (Å²) < 4.78 is 43.3. The van der Waals surface area contributed by atoms with Crippen molar-refractivity contribution in [2.45, 2.75) is 26.4 Å². The first-order valence-corrected chi connectivity index (χ1v) is 7.22. The Morgan fingerprint density at radius 1 is 1.33 bits per heavy atom. The van der Waals surface area contributed by atoms with E-state index >= 15 is 0 Å². The maximum atomic E-state index is 12.6. The smallest absolute Gasteiger partial charge is 0.433 e. The minimum Gasteiger partial charge on any atom is -0.476 e. The lowest BCUT2D eigenvalue weighted by Crippen LogP contribution is -2.18. The van der Waals surface area contributed by atoms with Gasteiger partial charge in [-0.1, -0.05) is 6.07 Å². The number of nitrogens with zero attached hydrogens (tertiary/aromatic N) is 2. The van der Waals surface area contributed by atoms with E-state index in [2.05, 4.69) is 15.3 Å². The van der Waals surface area contributed by atoms with Gasteiger partial charge in [-0.05, 0) is 37.6 Å². The molecular formula is C16H16F3N3O2. The summed E-state index contributed by atoms with van der Waals surface area (Å²) in [5, 5.41) is 2.60. The molecule has 24 heavy (non-hydrogen) atoms. The van der Waals surface area contributed by atoms with Crippen molar-refractivity contribution in [3.63, 3.8) is 0 Å². The van der Waals surface area contributed by atoms with E-state index in [0.717, 1.165) is 11.6 Å². The molecule has 0 saturated heterocycles. The lowest BCUT2D eigenvalue weighted by molar-refractivity contribution is -0.141. The van der Waals surface area contributed by atoms with Crippen LogP contribution in [-0.2, 0) is 17.4 Å². The highest BCUT2D eigenvalue weighted by Gasteiger charge is 2.32. The van der Waals surface area contributed by atoms with E-state index in [0.29, 0.717) is 12.3 Å². The number of rotatable bonds is 5.